The van der Waals surface area contributed by atoms with Gasteiger partial charge < -0.3 is 15.5 Å². The van der Waals surface area contributed by atoms with Crippen molar-refractivity contribution in [3.8, 4) is 0 Å². The molecule has 1 aliphatic rings. The molecule has 0 atom stereocenters. The molecule has 0 aliphatic carbocycles. The van der Waals surface area contributed by atoms with Crippen molar-refractivity contribution in [2.45, 2.75) is 26.9 Å². The summed E-state index contributed by atoms with van der Waals surface area (Å²) in [6, 6.07) is 17.2. The first-order valence-corrected chi connectivity index (χ1v) is 9.31. The summed E-state index contributed by atoms with van der Waals surface area (Å²) in [4.78, 5) is 7.08. The molecule has 0 saturated heterocycles. The van der Waals surface area contributed by atoms with Gasteiger partial charge in [-0.3, -0.25) is 0 Å². The van der Waals surface area contributed by atoms with Crippen LogP contribution in [0.4, 0.5) is 5.69 Å². The van der Waals surface area contributed by atoms with E-state index >= 15 is 0 Å². The zero-order valence-corrected chi connectivity index (χ0v) is 15.7. The molecule has 0 aromatic heterocycles. The van der Waals surface area contributed by atoms with E-state index in [9.17, 15) is 0 Å². The molecule has 2 aromatic carbocycles. The molecule has 4 heteroatoms. The fourth-order valence-corrected chi connectivity index (χ4v) is 3.06. The third kappa shape index (κ3) is 5.12. The van der Waals surface area contributed by atoms with Crippen LogP contribution in [0.2, 0.25) is 0 Å². The van der Waals surface area contributed by atoms with E-state index in [0.717, 1.165) is 32.1 Å². The Morgan fingerprint density at radius 2 is 1.77 bits per heavy atom. The molecule has 0 spiro atoms. The van der Waals surface area contributed by atoms with Crippen LogP contribution in [0, 0.1) is 6.92 Å². The Hall–Kier alpha value is -2.75. The van der Waals surface area contributed by atoms with Crippen LogP contribution in [-0.4, -0.2) is 25.6 Å². The van der Waals surface area contributed by atoms with Crippen LogP contribution < -0.4 is 15.5 Å². The molecule has 0 amide bonds. The third-order valence-corrected chi connectivity index (χ3v) is 4.40. The van der Waals surface area contributed by atoms with E-state index in [1.54, 1.807) is 0 Å². The standard InChI is InChI=1S/C22H28N4/c1-3-23-22(24-16-19-9-6-8-18(2)14-19)25-17-20-10-7-11-21(15-20)26-12-4-5-13-26/h4-11,14-15H,3,12-13,16-17H2,1-2H3,(H2,23,24,25). The number of hydrogen-bond donors (Lipinski definition) is 2. The summed E-state index contributed by atoms with van der Waals surface area (Å²) in [7, 11) is 0. The Labute approximate surface area is 156 Å². The molecule has 0 saturated carbocycles. The van der Waals surface area contributed by atoms with Crippen LogP contribution in [0.25, 0.3) is 0 Å². The van der Waals surface area contributed by atoms with Gasteiger partial charge in [-0.15, -0.1) is 0 Å². The van der Waals surface area contributed by atoms with Crippen molar-refractivity contribution in [2.24, 2.45) is 4.99 Å². The van der Waals surface area contributed by atoms with Crippen molar-refractivity contribution < 1.29 is 0 Å². The van der Waals surface area contributed by atoms with Gasteiger partial charge in [-0.25, -0.2) is 4.99 Å². The highest BCUT2D eigenvalue weighted by Crippen LogP contribution is 2.18. The number of rotatable bonds is 6. The lowest BCUT2D eigenvalue weighted by Gasteiger charge is -2.19. The minimum Gasteiger partial charge on any atom is -0.364 e. The molecule has 3 rings (SSSR count). The molecule has 4 nitrogen and oxygen atoms in total. The number of aryl methyl sites for hydroxylation is 1. The van der Waals surface area contributed by atoms with Crippen molar-refractivity contribution in [3.05, 3.63) is 77.4 Å². The summed E-state index contributed by atoms with van der Waals surface area (Å²) >= 11 is 0. The first-order chi connectivity index (χ1) is 12.7. The molecule has 1 heterocycles. The second-order valence-corrected chi connectivity index (χ2v) is 6.58. The molecule has 0 unspecified atom stereocenters. The summed E-state index contributed by atoms with van der Waals surface area (Å²) in [6.45, 7) is 8.48. The summed E-state index contributed by atoms with van der Waals surface area (Å²) in [5, 5.41) is 6.77. The van der Waals surface area contributed by atoms with Gasteiger partial charge in [-0.2, -0.15) is 0 Å². The Morgan fingerprint density at radius 3 is 2.54 bits per heavy atom. The summed E-state index contributed by atoms with van der Waals surface area (Å²) in [5.74, 6) is 0.849. The average Bonchev–Trinajstić information content (AvgIpc) is 3.19. The Morgan fingerprint density at radius 1 is 1.00 bits per heavy atom. The highest BCUT2D eigenvalue weighted by molar-refractivity contribution is 5.79. The van der Waals surface area contributed by atoms with Gasteiger partial charge in [0.05, 0.1) is 6.54 Å². The van der Waals surface area contributed by atoms with Gasteiger partial charge in [0.25, 0.3) is 0 Å². The second kappa shape index (κ2) is 9.09. The van der Waals surface area contributed by atoms with Crippen molar-refractivity contribution in [1.29, 1.82) is 0 Å². The van der Waals surface area contributed by atoms with Crippen molar-refractivity contribution in [1.82, 2.24) is 10.6 Å². The van der Waals surface area contributed by atoms with E-state index in [1.165, 1.54) is 22.4 Å². The van der Waals surface area contributed by atoms with Gasteiger partial charge in [0.1, 0.15) is 0 Å². The largest absolute Gasteiger partial charge is 0.364 e. The van der Waals surface area contributed by atoms with Crippen molar-refractivity contribution in [2.75, 3.05) is 24.5 Å². The predicted molar refractivity (Wildman–Crippen MR) is 111 cm³/mol. The molecule has 0 fully saturated rings. The van der Waals surface area contributed by atoms with Gasteiger partial charge in [-0.1, -0.05) is 54.1 Å². The Bertz CT molecular complexity index is 771. The molecule has 0 radical (unpaired) electrons. The minimum atomic E-state index is 0.677. The Kier molecular flexibility index (Phi) is 6.31. The first kappa shape index (κ1) is 18.1. The summed E-state index contributed by atoms with van der Waals surface area (Å²) in [6.07, 6.45) is 4.43. The molecular formula is C22H28N4. The number of anilines is 1. The summed E-state index contributed by atoms with van der Waals surface area (Å²) in [5.41, 5.74) is 5.03. The van der Waals surface area contributed by atoms with E-state index in [-0.39, 0.29) is 0 Å². The summed E-state index contributed by atoms with van der Waals surface area (Å²) < 4.78 is 0. The molecule has 1 aliphatic heterocycles. The van der Waals surface area contributed by atoms with E-state index in [4.69, 9.17) is 4.99 Å². The van der Waals surface area contributed by atoms with E-state index in [0.29, 0.717) is 6.54 Å². The van der Waals surface area contributed by atoms with Crippen LogP contribution in [0.15, 0.2) is 65.7 Å². The lowest BCUT2D eigenvalue weighted by molar-refractivity contribution is 0.815. The van der Waals surface area contributed by atoms with E-state index in [2.05, 4.69) is 90.1 Å². The van der Waals surface area contributed by atoms with E-state index in [1.807, 2.05) is 0 Å². The molecule has 2 aromatic rings. The number of hydrogen-bond acceptors (Lipinski definition) is 2. The van der Waals surface area contributed by atoms with Crippen molar-refractivity contribution >= 4 is 11.6 Å². The first-order valence-electron chi connectivity index (χ1n) is 9.31. The minimum absolute atomic E-state index is 0.677. The Balaban J connectivity index is 1.61. The lowest BCUT2D eigenvalue weighted by Crippen LogP contribution is -2.36. The fourth-order valence-electron chi connectivity index (χ4n) is 3.06. The number of guanidine groups is 1. The van der Waals surface area contributed by atoms with Gasteiger partial charge in [0.15, 0.2) is 5.96 Å². The van der Waals surface area contributed by atoms with Crippen LogP contribution in [-0.2, 0) is 13.1 Å². The maximum Gasteiger partial charge on any atom is 0.191 e. The van der Waals surface area contributed by atoms with Gasteiger partial charge in [0.2, 0.25) is 0 Å². The lowest BCUT2D eigenvalue weighted by atomic mass is 10.1. The highest BCUT2D eigenvalue weighted by Gasteiger charge is 2.08. The molecule has 2 N–H and O–H groups in total. The second-order valence-electron chi connectivity index (χ2n) is 6.58. The van der Waals surface area contributed by atoms with Crippen LogP contribution >= 0.6 is 0 Å². The zero-order chi connectivity index (χ0) is 18.2. The monoisotopic (exact) mass is 348 g/mol. The fraction of sp³-hybridized carbons (Fsp3) is 0.318. The number of nitrogens with one attached hydrogen (secondary N) is 2. The van der Waals surface area contributed by atoms with Gasteiger partial charge >= 0.3 is 0 Å². The smallest absolute Gasteiger partial charge is 0.191 e. The topological polar surface area (TPSA) is 39.7 Å². The number of benzene rings is 2. The zero-order valence-electron chi connectivity index (χ0n) is 15.7. The van der Waals surface area contributed by atoms with Crippen LogP contribution in [0.3, 0.4) is 0 Å². The number of nitrogens with zero attached hydrogens (tertiary/aromatic N) is 2. The quantitative estimate of drug-likeness (QED) is 0.476. The van der Waals surface area contributed by atoms with Crippen LogP contribution in [0.5, 0.6) is 0 Å². The molecule has 26 heavy (non-hydrogen) atoms. The van der Waals surface area contributed by atoms with Gasteiger partial charge in [0, 0.05) is 31.9 Å². The predicted octanol–water partition coefficient (Wildman–Crippen LogP) is 3.63. The maximum absolute atomic E-state index is 4.71. The molecular weight excluding hydrogens is 320 g/mol. The SMILES string of the molecule is CCNC(=NCc1cccc(C)c1)NCc1cccc(N2CC=CC2)c1. The normalized spacial score (nSPS) is 13.9. The number of aliphatic imine (C=N–C) groups is 1. The highest BCUT2D eigenvalue weighted by atomic mass is 15.2. The van der Waals surface area contributed by atoms with E-state index < -0.39 is 0 Å². The third-order valence-electron chi connectivity index (χ3n) is 4.40. The van der Waals surface area contributed by atoms with Gasteiger partial charge in [-0.05, 0) is 37.1 Å². The average molecular weight is 348 g/mol. The molecule has 0 bridgehead atoms. The van der Waals surface area contributed by atoms with Crippen molar-refractivity contribution in [3.63, 3.8) is 0 Å². The maximum atomic E-state index is 4.71. The molecule has 136 valence electrons. The van der Waals surface area contributed by atoms with Crippen LogP contribution in [0.1, 0.15) is 23.6 Å².